The summed E-state index contributed by atoms with van der Waals surface area (Å²) in [5, 5.41) is 15.5. The van der Waals surface area contributed by atoms with E-state index in [0.717, 1.165) is 17.1 Å². The Morgan fingerprint density at radius 3 is 2.67 bits per heavy atom. The molecule has 0 aromatic carbocycles. The van der Waals surface area contributed by atoms with Crippen molar-refractivity contribution < 1.29 is 9.90 Å². The first-order chi connectivity index (χ1) is 8.43. The second-order valence-electron chi connectivity index (χ2n) is 4.87. The van der Waals surface area contributed by atoms with Gasteiger partial charge in [-0.2, -0.15) is 0 Å². The lowest BCUT2D eigenvalue weighted by Crippen LogP contribution is -2.32. The number of thiazole rings is 1. The molecule has 4 nitrogen and oxygen atoms in total. The van der Waals surface area contributed by atoms with Gasteiger partial charge in [0.15, 0.2) is 0 Å². The van der Waals surface area contributed by atoms with Crippen LogP contribution in [0.2, 0.25) is 0 Å². The lowest BCUT2D eigenvalue weighted by Gasteiger charge is -2.18. The number of nitrogens with zero attached hydrogens (tertiary/aromatic N) is 1. The van der Waals surface area contributed by atoms with Gasteiger partial charge >= 0.3 is 0 Å². The minimum absolute atomic E-state index is 0.0458. The smallest absolute Gasteiger partial charge is 0.223 e. The van der Waals surface area contributed by atoms with Gasteiger partial charge in [0.25, 0.3) is 0 Å². The second kappa shape index (κ2) is 6.85. The van der Waals surface area contributed by atoms with E-state index in [9.17, 15) is 9.90 Å². The molecule has 0 saturated heterocycles. The Balaban J connectivity index is 2.56. The fourth-order valence-electron chi connectivity index (χ4n) is 1.55. The van der Waals surface area contributed by atoms with E-state index >= 15 is 0 Å². The molecular weight excluding hydrogens is 248 g/mol. The number of amides is 1. The van der Waals surface area contributed by atoms with E-state index in [4.69, 9.17) is 0 Å². The highest BCUT2D eigenvalue weighted by molar-refractivity contribution is 7.09. The fourth-order valence-corrected chi connectivity index (χ4v) is 2.48. The minimum atomic E-state index is -0.583. The van der Waals surface area contributed by atoms with Crippen molar-refractivity contribution in [3.8, 4) is 0 Å². The van der Waals surface area contributed by atoms with Crippen LogP contribution in [0.5, 0.6) is 0 Å². The van der Waals surface area contributed by atoms with Gasteiger partial charge in [0.1, 0.15) is 5.01 Å². The zero-order valence-electron chi connectivity index (χ0n) is 11.4. The van der Waals surface area contributed by atoms with Crippen LogP contribution < -0.4 is 5.32 Å². The molecule has 1 aromatic rings. The summed E-state index contributed by atoms with van der Waals surface area (Å²) in [6.45, 7) is 7.76. The van der Waals surface area contributed by atoms with Crippen LogP contribution in [-0.2, 0) is 4.79 Å². The molecule has 2 atom stereocenters. The van der Waals surface area contributed by atoms with Gasteiger partial charge in [-0.3, -0.25) is 4.79 Å². The summed E-state index contributed by atoms with van der Waals surface area (Å²) in [6.07, 6.45) is 0.371. The van der Waals surface area contributed by atoms with Gasteiger partial charge in [0.05, 0.1) is 18.6 Å². The average Bonchev–Trinajstić information content (AvgIpc) is 2.72. The topological polar surface area (TPSA) is 62.2 Å². The van der Waals surface area contributed by atoms with E-state index < -0.39 is 6.10 Å². The Hall–Kier alpha value is -0.940. The lowest BCUT2D eigenvalue weighted by molar-refractivity contribution is -0.124. The first kappa shape index (κ1) is 15.1. The molecule has 0 saturated carbocycles. The highest BCUT2D eigenvalue weighted by Crippen LogP contribution is 2.21. The molecule has 0 aliphatic rings. The van der Waals surface area contributed by atoms with Crippen LogP contribution in [0.3, 0.4) is 0 Å². The predicted octanol–water partition coefficient (Wildman–Crippen LogP) is 2.43. The Kier molecular flexibility index (Phi) is 5.75. The zero-order chi connectivity index (χ0) is 13.7. The van der Waals surface area contributed by atoms with Crippen LogP contribution in [0.1, 0.15) is 50.4 Å². The van der Waals surface area contributed by atoms with E-state index in [2.05, 4.69) is 10.3 Å². The number of hydrogen-bond donors (Lipinski definition) is 2. The Morgan fingerprint density at radius 1 is 1.56 bits per heavy atom. The highest BCUT2D eigenvalue weighted by Gasteiger charge is 2.19. The summed E-state index contributed by atoms with van der Waals surface area (Å²) in [7, 11) is 0. The highest BCUT2D eigenvalue weighted by atomic mass is 32.1. The van der Waals surface area contributed by atoms with E-state index in [1.807, 2.05) is 33.1 Å². The zero-order valence-corrected chi connectivity index (χ0v) is 12.3. The molecule has 2 unspecified atom stereocenters. The van der Waals surface area contributed by atoms with Crippen LogP contribution in [0.4, 0.5) is 0 Å². The minimum Gasteiger partial charge on any atom is -0.392 e. The van der Waals surface area contributed by atoms with Gasteiger partial charge in [-0.15, -0.1) is 11.3 Å². The van der Waals surface area contributed by atoms with Crippen molar-refractivity contribution in [2.75, 3.05) is 0 Å². The molecule has 0 fully saturated rings. The molecule has 1 amide bonds. The number of carbonyl (C=O) groups excluding carboxylic acids is 1. The molecule has 18 heavy (non-hydrogen) atoms. The fraction of sp³-hybridized carbons (Fsp3) is 0.692. The van der Waals surface area contributed by atoms with E-state index in [-0.39, 0.29) is 24.3 Å². The van der Waals surface area contributed by atoms with E-state index in [0.29, 0.717) is 0 Å². The average molecular weight is 270 g/mol. The lowest BCUT2D eigenvalue weighted by atomic mass is 10.0. The summed E-state index contributed by atoms with van der Waals surface area (Å²) < 4.78 is 0. The van der Waals surface area contributed by atoms with Crippen LogP contribution >= 0.6 is 11.3 Å². The number of aliphatic hydroxyl groups is 1. The van der Waals surface area contributed by atoms with Gasteiger partial charge < -0.3 is 10.4 Å². The number of aryl methyl sites for hydroxylation is 1. The largest absolute Gasteiger partial charge is 0.392 e. The van der Waals surface area contributed by atoms with Crippen molar-refractivity contribution in [3.63, 3.8) is 0 Å². The molecular formula is C13H22N2O2S. The summed E-state index contributed by atoms with van der Waals surface area (Å²) in [5.41, 5.74) is 0.977. The number of nitrogens with one attached hydrogen (secondary N) is 1. The number of carbonyl (C=O) groups is 1. The first-order valence-electron chi connectivity index (χ1n) is 6.33. The van der Waals surface area contributed by atoms with Gasteiger partial charge in [-0.1, -0.05) is 20.8 Å². The van der Waals surface area contributed by atoms with Crippen LogP contribution in [0, 0.1) is 12.8 Å². The van der Waals surface area contributed by atoms with Crippen LogP contribution in [0.15, 0.2) is 5.38 Å². The third-order valence-corrected chi connectivity index (χ3v) is 3.92. The van der Waals surface area contributed by atoms with Crippen LogP contribution in [0.25, 0.3) is 0 Å². The quantitative estimate of drug-likeness (QED) is 0.834. The summed E-state index contributed by atoms with van der Waals surface area (Å²) in [4.78, 5) is 16.2. The van der Waals surface area contributed by atoms with Crippen molar-refractivity contribution in [2.45, 2.75) is 52.7 Å². The molecule has 5 heteroatoms. The number of aromatic nitrogens is 1. The third-order valence-electron chi connectivity index (χ3n) is 2.84. The summed E-state index contributed by atoms with van der Waals surface area (Å²) >= 11 is 1.56. The second-order valence-corrected chi connectivity index (χ2v) is 5.76. The molecule has 0 bridgehead atoms. The van der Waals surface area contributed by atoms with Crippen molar-refractivity contribution in [3.05, 3.63) is 16.1 Å². The number of hydrogen-bond acceptors (Lipinski definition) is 4. The van der Waals surface area contributed by atoms with E-state index in [1.165, 1.54) is 0 Å². The van der Waals surface area contributed by atoms with Crippen molar-refractivity contribution in [1.29, 1.82) is 0 Å². The maximum Gasteiger partial charge on any atom is 0.223 e. The maximum absolute atomic E-state index is 11.8. The van der Waals surface area contributed by atoms with Crippen molar-refractivity contribution >= 4 is 17.2 Å². The monoisotopic (exact) mass is 270 g/mol. The van der Waals surface area contributed by atoms with Crippen LogP contribution in [-0.4, -0.2) is 22.1 Å². The van der Waals surface area contributed by atoms with Crippen molar-refractivity contribution in [2.24, 2.45) is 5.92 Å². The molecule has 0 aliphatic heterocycles. The summed E-state index contributed by atoms with van der Waals surface area (Å²) in [6, 6.07) is -0.0458. The SMILES string of the molecule is CCC(NC(=O)CC(O)C(C)C)c1nc(C)cs1. The summed E-state index contributed by atoms with van der Waals surface area (Å²) in [5.74, 6) is -0.0196. The molecule has 2 N–H and O–H groups in total. The molecule has 0 radical (unpaired) electrons. The first-order valence-corrected chi connectivity index (χ1v) is 7.21. The molecule has 0 spiro atoms. The Labute approximate surface area is 112 Å². The number of aliphatic hydroxyl groups excluding tert-OH is 1. The molecule has 102 valence electrons. The maximum atomic E-state index is 11.8. The molecule has 0 aliphatic carbocycles. The molecule has 1 rings (SSSR count). The normalized spacial score (nSPS) is 14.6. The van der Waals surface area contributed by atoms with Gasteiger partial charge in [-0.05, 0) is 19.3 Å². The number of rotatable bonds is 6. The molecule has 1 aromatic heterocycles. The van der Waals surface area contributed by atoms with E-state index in [1.54, 1.807) is 11.3 Å². The van der Waals surface area contributed by atoms with Gasteiger partial charge in [0.2, 0.25) is 5.91 Å². The Morgan fingerprint density at radius 2 is 2.22 bits per heavy atom. The predicted molar refractivity (Wildman–Crippen MR) is 73.5 cm³/mol. The van der Waals surface area contributed by atoms with Gasteiger partial charge in [-0.25, -0.2) is 4.98 Å². The van der Waals surface area contributed by atoms with Gasteiger partial charge in [0, 0.05) is 11.1 Å². The molecule has 1 heterocycles. The third kappa shape index (κ3) is 4.38. The Bertz CT molecular complexity index is 390. The standard InChI is InChI=1S/C13H22N2O2S/c1-5-10(13-14-9(4)7-18-13)15-12(17)6-11(16)8(2)3/h7-8,10-11,16H,5-6H2,1-4H3,(H,15,17). The van der Waals surface area contributed by atoms with Crippen molar-refractivity contribution in [1.82, 2.24) is 10.3 Å².